The van der Waals surface area contributed by atoms with Crippen LogP contribution in [-0.4, -0.2) is 49.7 Å². The van der Waals surface area contributed by atoms with Crippen molar-refractivity contribution in [2.75, 3.05) is 26.9 Å². The van der Waals surface area contributed by atoms with Gasteiger partial charge < -0.3 is 19.5 Å². The smallest absolute Gasteiger partial charge is 0.339 e. The number of aromatic nitrogens is 1. The molecule has 1 heterocycles. The molecule has 0 aliphatic heterocycles. The summed E-state index contributed by atoms with van der Waals surface area (Å²) in [5.41, 5.74) is 2.38. The number of amides is 1. The highest BCUT2D eigenvalue weighted by Crippen LogP contribution is 2.26. The highest BCUT2D eigenvalue weighted by atomic mass is 16.5. The number of methoxy groups -OCH3 is 1. The van der Waals surface area contributed by atoms with Gasteiger partial charge in [-0.2, -0.15) is 0 Å². The predicted octanol–water partition coefficient (Wildman–Crippen LogP) is 3.53. The molecule has 0 atom stereocenters. The quantitative estimate of drug-likeness (QED) is 0.372. The van der Waals surface area contributed by atoms with Crippen molar-refractivity contribution < 1.29 is 28.6 Å². The Morgan fingerprint density at radius 2 is 1.76 bits per heavy atom. The average Bonchev–Trinajstić information content (AvgIpc) is 2.84. The Kier molecular flexibility index (Phi) is 8.35. The van der Waals surface area contributed by atoms with Gasteiger partial charge in [-0.1, -0.05) is 18.2 Å². The third-order valence-corrected chi connectivity index (χ3v) is 4.84. The molecule has 8 heteroatoms. The van der Waals surface area contributed by atoms with E-state index in [0.29, 0.717) is 40.9 Å². The highest BCUT2D eigenvalue weighted by Gasteiger charge is 2.16. The molecule has 172 valence electrons. The van der Waals surface area contributed by atoms with Crippen LogP contribution in [0.5, 0.6) is 5.75 Å². The van der Waals surface area contributed by atoms with Crippen LogP contribution in [0, 0.1) is 0 Å². The topological polar surface area (TPSA) is 104 Å². The summed E-state index contributed by atoms with van der Waals surface area (Å²) in [6.07, 6.45) is 0.657. The van der Waals surface area contributed by atoms with Crippen LogP contribution in [-0.2, 0) is 19.1 Å². The number of pyridine rings is 1. The van der Waals surface area contributed by atoms with Crippen LogP contribution >= 0.6 is 0 Å². The van der Waals surface area contributed by atoms with Gasteiger partial charge in [-0.15, -0.1) is 0 Å². The number of hydrogen-bond donors (Lipinski definition) is 1. The third-order valence-electron chi connectivity index (χ3n) is 4.84. The summed E-state index contributed by atoms with van der Waals surface area (Å²) >= 11 is 0. The number of benzene rings is 2. The Morgan fingerprint density at radius 1 is 1.00 bits per heavy atom. The van der Waals surface area contributed by atoms with Gasteiger partial charge in [-0.05, 0) is 49.7 Å². The van der Waals surface area contributed by atoms with Gasteiger partial charge in [-0.25, -0.2) is 9.78 Å². The Bertz CT molecular complexity index is 1130. The number of esters is 2. The van der Waals surface area contributed by atoms with E-state index in [-0.39, 0.29) is 18.9 Å². The second-order valence-electron chi connectivity index (χ2n) is 7.14. The first-order valence-electron chi connectivity index (χ1n) is 10.7. The van der Waals surface area contributed by atoms with Crippen molar-refractivity contribution in [2.45, 2.75) is 19.8 Å². The lowest BCUT2D eigenvalue weighted by Crippen LogP contribution is -2.30. The van der Waals surface area contributed by atoms with Crippen molar-refractivity contribution in [3.8, 4) is 17.0 Å². The average molecular weight is 450 g/mol. The molecule has 0 unspecified atom stereocenters. The van der Waals surface area contributed by atoms with Gasteiger partial charge in [-0.3, -0.25) is 9.59 Å². The first-order valence-corrected chi connectivity index (χ1v) is 10.7. The van der Waals surface area contributed by atoms with Crippen LogP contribution in [0.25, 0.3) is 22.2 Å². The van der Waals surface area contributed by atoms with Crippen LogP contribution in [0.15, 0.2) is 54.6 Å². The van der Waals surface area contributed by atoms with E-state index in [0.717, 1.165) is 5.56 Å². The van der Waals surface area contributed by atoms with E-state index in [1.54, 1.807) is 26.2 Å². The Morgan fingerprint density at radius 3 is 2.48 bits per heavy atom. The summed E-state index contributed by atoms with van der Waals surface area (Å²) < 4.78 is 15.3. The van der Waals surface area contributed by atoms with Crippen LogP contribution in [0.3, 0.4) is 0 Å². The zero-order chi connectivity index (χ0) is 23.6. The van der Waals surface area contributed by atoms with Crippen molar-refractivity contribution in [1.82, 2.24) is 10.3 Å². The van der Waals surface area contributed by atoms with Crippen LogP contribution in [0.1, 0.15) is 30.1 Å². The van der Waals surface area contributed by atoms with Crippen molar-refractivity contribution in [2.24, 2.45) is 0 Å². The van der Waals surface area contributed by atoms with Gasteiger partial charge >= 0.3 is 11.9 Å². The van der Waals surface area contributed by atoms with Gasteiger partial charge in [0.25, 0.3) is 5.91 Å². The second kappa shape index (κ2) is 11.6. The fourth-order valence-corrected chi connectivity index (χ4v) is 3.21. The Labute approximate surface area is 191 Å². The van der Waals surface area contributed by atoms with Crippen molar-refractivity contribution in [1.29, 1.82) is 0 Å². The van der Waals surface area contributed by atoms with E-state index < -0.39 is 18.5 Å². The van der Waals surface area contributed by atoms with E-state index in [1.165, 1.54) is 0 Å². The monoisotopic (exact) mass is 450 g/mol. The van der Waals surface area contributed by atoms with Crippen LogP contribution in [0.2, 0.25) is 0 Å². The van der Waals surface area contributed by atoms with Crippen LogP contribution in [0.4, 0.5) is 0 Å². The van der Waals surface area contributed by atoms with E-state index in [2.05, 4.69) is 10.3 Å². The second-order valence-corrected chi connectivity index (χ2v) is 7.14. The van der Waals surface area contributed by atoms with Crippen molar-refractivity contribution >= 4 is 28.7 Å². The Balaban J connectivity index is 1.67. The predicted molar refractivity (Wildman–Crippen MR) is 123 cm³/mol. The summed E-state index contributed by atoms with van der Waals surface area (Å²) in [7, 11) is 1.59. The maximum atomic E-state index is 12.8. The molecule has 1 N–H and O–H groups in total. The maximum absolute atomic E-state index is 12.8. The molecule has 0 spiro atoms. The molecule has 0 saturated carbocycles. The molecule has 0 fully saturated rings. The molecular formula is C25H26N2O6. The Hall–Kier alpha value is -3.94. The third kappa shape index (κ3) is 6.52. The number of para-hydroxylation sites is 1. The number of fused-ring (bicyclic) bond motifs is 1. The summed E-state index contributed by atoms with van der Waals surface area (Å²) in [6, 6.07) is 16.2. The van der Waals surface area contributed by atoms with Crippen molar-refractivity contribution in [3.05, 3.63) is 60.2 Å². The lowest BCUT2D eigenvalue weighted by Gasteiger charge is -2.11. The van der Waals surface area contributed by atoms with E-state index >= 15 is 0 Å². The molecule has 3 aromatic rings. The molecule has 8 nitrogen and oxygen atoms in total. The molecule has 3 rings (SSSR count). The maximum Gasteiger partial charge on any atom is 0.339 e. The molecule has 2 aromatic carbocycles. The molecule has 33 heavy (non-hydrogen) atoms. The van der Waals surface area contributed by atoms with E-state index in [9.17, 15) is 14.4 Å². The number of hydrogen-bond acceptors (Lipinski definition) is 7. The number of nitrogens with one attached hydrogen (secondary N) is 1. The first-order chi connectivity index (χ1) is 16.0. The number of rotatable bonds is 10. The minimum absolute atomic E-state index is 0.213. The number of ether oxygens (including phenoxy) is 3. The van der Waals surface area contributed by atoms with E-state index in [4.69, 9.17) is 14.2 Å². The van der Waals surface area contributed by atoms with Gasteiger partial charge in [0.1, 0.15) is 5.75 Å². The number of carbonyl (C=O) groups excluding carboxylic acids is 3. The molecule has 0 aliphatic rings. The number of nitrogens with zero attached hydrogens (tertiary/aromatic N) is 1. The summed E-state index contributed by atoms with van der Waals surface area (Å²) in [6.45, 7) is 1.92. The minimum Gasteiger partial charge on any atom is -0.497 e. The minimum atomic E-state index is -0.620. The fourth-order valence-electron chi connectivity index (χ4n) is 3.21. The zero-order valence-corrected chi connectivity index (χ0v) is 18.6. The number of carbonyl (C=O) groups is 3. The summed E-state index contributed by atoms with van der Waals surface area (Å²) in [5.74, 6) is -0.658. The van der Waals surface area contributed by atoms with Gasteiger partial charge in [0.2, 0.25) is 0 Å². The molecule has 0 aliphatic carbocycles. The normalized spacial score (nSPS) is 10.5. The first kappa shape index (κ1) is 23.7. The summed E-state index contributed by atoms with van der Waals surface area (Å²) in [5, 5.41) is 3.26. The molecule has 1 amide bonds. The summed E-state index contributed by atoms with van der Waals surface area (Å²) in [4.78, 5) is 40.8. The van der Waals surface area contributed by atoms with Gasteiger partial charge in [0.15, 0.2) is 6.61 Å². The zero-order valence-electron chi connectivity index (χ0n) is 18.6. The lowest BCUT2D eigenvalue weighted by molar-refractivity contribution is -0.143. The SMILES string of the molecule is CCOC(=O)CCCNC(=O)COC(=O)c1cc(-c2ccc(OC)cc2)nc2ccccc12. The molecule has 0 saturated heterocycles. The largest absolute Gasteiger partial charge is 0.497 e. The molecule has 0 bridgehead atoms. The molecular weight excluding hydrogens is 424 g/mol. The fraction of sp³-hybridized carbons (Fsp3) is 0.280. The highest BCUT2D eigenvalue weighted by molar-refractivity contribution is 6.05. The van der Waals surface area contributed by atoms with E-state index in [1.807, 2.05) is 42.5 Å². The molecule has 0 radical (unpaired) electrons. The van der Waals surface area contributed by atoms with Gasteiger partial charge in [0.05, 0.1) is 30.5 Å². The van der Waals surface area contributed by atoms with Gasteiger partial charge in [0, 0.05) is 23.9 Å². The standard InChI is InChI=1S/C25H26N2O6/c1-3-32-24(29)9-6-14-26-23(28)16-33-25(30)20-15-22(17-10-12-18(31-2)13-11-17)27-21-8-5-4-7-19(20)21/h4-5,7-8,10-13,15H,3,6,9,14,16H2,1-2H3,(H,26,28). The molecule has 1 aromatic heterocycles. The lowest BCUT2D eigenvalue weighted by atomic mass is 10.0. The van der Waals surface area contributed by atoms with Crippen molar-refractivity contribution in [3.63, 3.8) is 0 Å². The van der Waals surface area contributed by atoms with Crippen LogP contribution < -0.4 is 10.1 Å².